The fraction of sp³-hybridized carbons (Fsp3) is 0.655. The van der Waals surface area contributed by atoms with Crippen LogP contribution in [0.1, 0.15) is 51.0 Å². The van der Waals surface area contributed by atoms with Crippen molar-refractivity contribution in [2.45, 2.75) is 112 Å². The van der Waals surface area contributed by atoms with Gasteiger partial charge in [-0.2, -0.15) is 92.2 Å². The molecule has 0 aliphatic carbocycles. The summed E-state index contributed by atoms with van der Waals surface area (Å²) in [5.41, 5.74) is 0.885. The molecule has 0 unspecified atom stereocenters. The number of aryl methyl sites for hydroxylation is 1. The average Bonchev–Trinajstić information content (AvgIpc) is 3.04. The van der Waals surface area contributed by atoms with Crippen LogP contribution in [0.2, 0.25) is 0 Å². The minimum Gasteiger partial charge on any atom is -0.487 e. The van der Waals surface area contributed by atoms with E-state index < -0.39 is 72.6 Å². The number of benzene rings is 1. The van der Waals surface area contributed by atoms with E-state index in [0.717, 1.165) is 68.4 Å². The topological polar surface area (TPSA) is 53.5 Å². The van der Waals surface area contributed by atoms with E-state index in [1.807, 2.05) is 0 Å². The lowest BCUT2D eigenvalue weighted by Crippen LogP contribution is -2.67. The van der Waals surface area contributed by atoms with Crippen molar-refractivity contribution < 1.29 is 106 Å². The molecule has 5 nitrogen and oxygen atoms in total. The lowest BCUT2D eigenvalue weighted by Gasteiger charge is -2.39. The number of hydrogen-bond donors (Lipinski definition) is 0. The largest absolute Gasteiger partial charge is 0.487 e. The molecule has 0 fully saturated rings. The number of ether oxygens (including phenoxy) is 3. The molecule has 0 radical (unpaired) electrons. The van der Waals surface area contributed by atoms with Crippen molar-refractivity contribution in [2.24, 2.45) is 0 Å². The highest BCUT2D eigenvalue weighted by molar-refractivity contribution is 5.55. The molecule has 0 bridgehead atoms. The highest BCUT2D eigenvalue weighted by Crippen LogP contribution is 2.58. The first kappa shape index (κ1) is 47.7. The molecule has 1 aromatic carbocycles. The molecule has 55 heavy (non-hydrogen) atoms. The van der Waals surface area contributed by atoms with Crippen LogP contribution < -0.4 is 4.74 Å². The van der Waals surface area contributed by atoms with E-state index in [9.17, 15) is 92.2 Å². The Balaban J connectivity index is 2.17. The minimum atomic E-state index is -8.30. The summed E-state index contributed by atoms with van der Waals surface area (Å²) < 4.78 is 288. The Labute approximate surface area is 295 Å². The third-order valence-electron chi connectivity index (χ3n) is 7.24. The fourth-order valence-electron chi connectivity index (χ4n) is 4.05. The van der Waals surface area contributed by atoms with Crippen LogP contribution >= 0.6 is 0 Å². The summed E-state index contributed by atoms with van der Waals surface area (Å²) in [6, 6.07) is 3.47. The molecule has 0 atom stereocenters. The van der Waals surface area contributed by atoms with E-state index in [1.54, 1.807) is 0 Å². The Kier molecular flexibility index (Phi) is 14.0. The zero-order chi connectivity index (χ0) is 42.7. The van der Waals surface area contributed by atoms with Gasteiger partial charge in [0.05, 0.1) is 0 Å². The number of halogens is 21. The van der Waals surface area contributed by atoms with Crippen molar-refractivity contribution >= 4 is 0 Å². The summed E-state index contributed by atoms with van der Waals surface area (Å²) >= 11 is 0. The zero-order valence-electron chi connectivity index (χ0n) is 27.2. The van der Waals surface area contributed by atoms with Gasteiger partial charge in [0.25, 0.3) is 0 Å². The van der Waals surface area contributed by atoms with Crippen LogP contribution in [-0.2, 0) is 15.9 Å². The van der Waals surface area contributed by atoms with Crippen LogP contribution in [0.4, 0.5) is 92.2 Å². The number of hydrogen-bond acceptors (Lipinski definition) is 5. The quantitative estimate of drug-likeness (QED) is 0.0925. The number of aromatic nitrogens is 2. The maximum atomic E-state index is 14.2. The molecular formula is C29H25F21N2O3. The summed E-state index contributed by atoms with van der Waals surface area (Å²) in [5.74, 6) is -39.7. The monoisotopic (exact) mass is 848 g/mol. The lowest BCUT2D eigenvalue weighted by molar-refractivity contribution is -0.557. The number of rotatable bonds is 21. The van der Waals surface area contributed by atoms with E-state index in [1.165, 1.54) is 21.9 Å². The Bertz CT molecular complexity index is 1530. The summed E-state index contributed by atoms with van der Waals surface area (Å²) in [6.45, 7) is -0.957. The molecule has 1 heterocycles. The molecule has 0 spiro atoms. The predicted octanol–water partition coefficient (Wildman–Crippen LogP) is 11.6. The van der Waals surface area contributed by atoms with Crippen LogP contribution in [-0.4, -0.2) is 76.8 Å². The second kappa shape index (κ2) is 16.2. The van der Waals surface area contributed by atoms with Crippen molar-refractivity contribution in [1.82, 2.24) is 9.97 Å². The summed E-state index contributed by atoms with van der Waals surface area (Å²) in [7, 11) is 0. The molecule has 0 aliphatic rings. The zero-order valence-corrected chi connectivity index (χ0v) is 27.2. The number of nitrogens with zero attached hydrogens (tertiary/aromatic N) is 2. The second-order valence-electron chi connectivity index (χ2n) is 11.5. The Morgan fingerprint density at radius 3 is 1.35 bits per heavy atom. The van der Waals surface area contributed by atoms with Gasteiger partial charge >= 0.3 is 60.2 Å². The van der Waals surface area contributed by atoms with Crippen molar-refractivity contribution in [2.75, 3.05) is 6.61 Å². The van der Waals surface area contributed by atoms with Crippen LogP contribution in [0.15, 0.2) is 36.7 Å². The van der Waals surface area contributed by atoms with Crippen molar-refractivity contribution in [3.05, 3.63) is 42.2 Å². The highest BCUT2D eigenvalue weighted by Gasteiger charge is 2.87. The van der Waals surface area contributed by atoms with Gasteiger partial charge in [0.2, 0.25) is 0 Å². The van der Waals surface area contributed by atoms with Gasteiger partial charge in [-0.25, -0.2) is 19.4 Å². The van der Waals surface area contributed by atoms with Gasteiger partial charge in [-0.3, -0.25) is 0 Å². The van der Waals surface area contributed by atoms with E-state index in [0.29, 0.717) is 6.42 Å². The van der Waals surface area contributed by atoms with Crippen LogP contribution in [0, 0.1) is 0 Å². The summed E-state index contributed by atoms with van der Waals surface area (Å²) in [4.78, 5) is 8.15. The van der Waals surface area contributed by atoms with E-state index >= 15 is 0 Å². The molecule has 2 aromatic rings. The first-order valence-electron chi connectivity index (χ1n) is 15.1. The van der Waals surface area contributed by atoms with Crippen LogP contribution in [0.25, 0.3) is 11.4 Å². The lowest BCUT2D eigenvalue weighted by atomic mass is 10.0. The van der Waals surface area contributed by atoms with E-state index in [4.69, 9.17) is 0 Å². The Morgan fingerprint density at radius 2 is 0.909 bits per heavy atom. The molecule has 0 amide bonds. The highest BCUT2D eigenvalue weighted by atomic mass is 19.4. The molecule has 26 heteroatoms. The third kappa shape index (κ3) is 9.93. The normalized spacial score (nSPS) is 14.7. The molecule has 0 saturated carbocycles. The molecule has 316 valence electrons. The number of alkyl halides is 21. The van der Waals surface area contributed by atoms with Crippen molar-refractivity contribution in [1.29, 1.82) is 0 Å². The maximum absolute atomic E-state index is 14.2. The fourth-order valence-corrected chi connectivity index (χ4v) is 4.05. The first-order chi connectivity index (χ1) is 24.6. The molecule has 2 rings (SSSR count). The molecule has 0 N–H and O–H groups in total. The summed E-state index contributed by atoms with van der Waals surface area (Å²) in [6.07, 6.45) is -30.6. The standard InChI is InChI=1S/C29H25F21N2O3/c1-2-3-4-5-6-7-8-16-13-51-19(52-14-16)17-9-11-18(12-10-17)53-15-20(30,31)21(32,33)23(36,37)26(43,44)54-28(47,48)29(49,50)55-27(45,46)24(38,39)22(34,35)25(40,41)42/h9-14H,2-8,15H2,1H3. The number of unbranched alkanes of at least 4 members (excludes halogenated alkanes) is 5. The van der Waals surface area contributed by atoms with Gasteiger partial charge < -0.3 is 4.74 Å². The summed E-state index contributed by atoms with van der Waals surface area (Å²) in [5, 5.41) is 0. The average molecular weight is 848 g/mol. The maximum Gasteiger partial charge on any atom is 0.460 e. The third-order valence-corrected chi connectivity index (χ3v) is 7.24. The van der Waals surface area contributed by atoms with Gasteiger partial charge in [0, 0.05) is 18.0 Å². The van der Waals surface area contributed by atoms with Crippen molar-refractivity contribution in [3.8, 4) is 17.1 Å². The van der Waals surface area contributed by atoms with Gasteiger partial charge in [0.1, 0.15) is 5.75 Å². The van der Waals surface area contributed by atoms with Crippen LogP contribution in [0.5, 0.6) is 5.75 Å². The first-order valence-corrected chi connectivity index (χ1v) is 15.1. The molecule has 0 aliphatic heterocycles. The minimum absolute atomic E-state index is 0.0291. The second-order valence-corrected chi connectivity index (χ2v) is 11.5. The molecule has 0 saturated heterocycles. The predicted molar refractivity (Wildman–Crippen MR) is 143 cm³/mol. The molecule has 1 aromatic heterocycles. The Hall–Kier alpha value is -3.45. The Morgan fingerprint density at radius 1 is 0.491 bits per heavy atom. The molecular weight excluding hydrogens is 823 g/mol. The van der Waals surface area contributed by atoms with E-state index in [-0.39, 0.29) is 11.4 Å². The van der Waals surface area contributed by atoms with Gasteiger partial charge in [0.15, 0.2) is 12.4 Å². The van der Waals surface area contributed by atoms with Gasteiger partial charge in [-0.1, -0.05) is 39.0 Å². The SMILES string of the molecule is CCCCCCCCc1cnc(-c2ccc(OCC(F)(F)C(F)(F)C(F)(F)C(F)(F)OC(F)(F)C(F)(F)OC(F)(F)C(F)(F)C(F)(F)C(F)(F)F)cc2)nc1. The van der Waals surface area contributed by atoms with Gasteiger partial charge in [-0.15, -0.1) is 0 Å². The van der Waals surface area contributed by atoms with Crippen LogP contribution in [0.3, 0.4) is 0 Å². The van der Waals surface area contributed by atoms with E-state index in [2.05, 4.69) is 21.6 Å². The van der Waals surface area contributed by atoms with Crippen molar-refractivity contribution in [3.63, 3.8) is 0 Å². The van der Waals surface area contributed by atoms with Gasteiger partial charge in [-0.05, 0) is 42.7 Å². The smallest absolute Gasteiger partial charge is 0.460 e.